The molecule has 2 aromatic carbocycles. The van der Waals surface area contributed by atoms with Crippen LogP contribution in [0.2, 0.25) is 0 Å². The second-order valence-corrected chi connectivity index (χ2v) is 6.14. The molecule has 1 amide bonds. The number of carbonyl (C=O) groups is 1. The number of hydrogen-bond donors (Lipinski definition) is 1. The summed E-state index contributed by atoms with van der Waals surface area (Å²) >= 11 is 3.48. The van der Waals surface area contributed by atoms with E-state index in [9.17, 15) is 4.79 Å². The maximum Gasteiger partial charge on any atom is 0.224 e. The topological polar surface area (TPSA) is 29.1 Å². The number of rotatable bonds is 3. The van der Waals surface area contributed by atoms with Crippen molar-refractivity contribution in [1.82, 2.24) is 5.32 Å². The molecule has 1 N–H and O–H groups in total. The summed E-state index contributed by atoms with van der Waals surface area (Å²) in [6.07, 6.45) is 1.69. The summed E-state index contributed by atoms with van der Waals surface area (Å²) in [6, 6.07) is 16.3. The lowest BCUT2D eigenvalue weighted by molar-refractivity contribution is -0.124. The summed E-state index contributed by atoms with van der Waals surface area (Å²) in [5, 5.41) is 3.04. The first-order valence-corrected chi connectivity index (χ1v) is 7.60. The van der Waals surface area contributed by atoms with Gasteiger partial charge in [-0.05, 0) is 41.7 Å². The van der Waals surface area contributed by atoms with Crippen molar-refractivity contribution in [3.8, 4) is 0 Å². The molecule has 0 heterocycles. The number of fused-ring (bicyclic) bond motifs is 1. The molecule has 0 aliphatic heterocycles. The van der Waals surface area contributed by atoms with E-state index in [1.165, 1.54) is 11.1 Å². The zero-order chi connectivity index (χ0) is 13.9. The molecule has 0 spiro atoms. The first-order valence-electron chi connectivity index (χ1n) is 6.81. The molecule has 0 saturated carbocycles. The fourth-order valence-corrected chi connectivity index (χ4v) is 3.11. The van der Waals surface area contributed by atoms with E-state index in [2.05, 4.69) is 33.4 Å². The molecule has 0 saturated heterocycles. The van der Waals surface area contributed by atoms with Crippen molar-refractivity contribution in [3.05, 3.63) is 69.7 Å². The predicted octanol–water partition coefficient (Wildman–Crippen LogP) is 3.48. The highest BCUT2D eigenvalue weighted by molar-refractivity contribution is 9.10. The molecule has 1 aliphatic rings. The van der Waals surface area contributed by atoms with Gasteiger partial charge in [-0.2, -0.15) is 0 Å². The van der Waals surface area contributed by atoms with Gasteiger partial charge in [-0.3, -0.25) is 4.79 Å². The smallest absolute Gasteiger partial charge is 0.224 e. The summed E-state index contributed by atoms with van der Waals surface area (Å²) in [4.78, 5) is 12.2. The van der Waals surface area contributed by atoms with Crippen LogP contribution in [0.25, 0.3) is 0 Å². The first-order chi connectivity index (χ1) is 9.72. The predicted molar refractivity (Wildman–Crippen MR) is 83.3 cm³/mol. The van der Waals surface area contributed by atoms with E-state index in [1.54, 1.807) is 0 Å². The van der Waals surface area contributed by atoms with E-state index in [0.717, 1.165) is 22.9 Å². The molecular weight excluding hydrogens is 314 g/mol. The summed E-state index contributed by atoms with van der Waals surface area (Å²) < 4.78 is 1.08. The quantitative estimate of drug-likeness (QED) is 0.917. The normalized spacial score (nSPS) is 16.8. The van der Waals surface area contributed by atoms with Gasteiger partial charge in [0.1, 0.15) is 0 Å². The monoisotopic (exact) mass is 329 g/mol. The van der Waals surface area contributed by atoms with Crippen LogP contribution in [0.3, 0.4) is 0 Å². The maximum atomic E-state index is 12.2. The lowest BCUT2D eigenvalue weighted by Gasteiger charge is -2.10. The molecule has 2 aromatic rings. The minimum absolute atomic E-state index is 0.0722. The third-order valence-electron chi connectivity index (χ3n) is 3.78. The Balaban J connectivity index is 1.60. The zero-order valence-electron chi connectivity index (χ0n) is 11.1. The van der Waals surface area contributed by atoms with E-state index < -0.39 is 0 Å². The average molecular weight is 330 g/mol. The van der Waals surface area contributed by atoms with Crippen LogP contribution < -0.4 is 5.32 Å². The van der Waals surface area contributed by atoms with Crippen LogP contribution in [-0.4, -0.2) is 5.91 Å². The summed E-state index contributed by atoms with van der Waals surface area (Å²) in [5.41, 5.74) is 3.73. The van der Waals surface area contributed by atoms with Crippen molar-refractivity contribution in [2.75, 3.05) is 0 Å². The van der Waals surface area contributed by atoms with Gasteiger partial charge in [0.15, 0.2) is 0 Å². The highest BCUT2D eigenvalue weighted by Gasteiger charge is 2.27. The lowest BCUT2D eigenvalue weighted by Crippen LogP contribution is -2.30. The van der Waals surface area contributed by atoms with Crippen molar-refractivity contribution < 1.29 is 4.79 Å². The molecule has 0 radical (unpaired) electrons. The fraction of sp³-hybridized carbons (Fsp3) is 0.235. The Labute approximate surface area is 127 Å². The molecule has 1 atom stereocenters. The highest BCUT2D eigenvalue weighted by atomic mass is 79.9. The molecule has 3 rings (SSSR count). The second kappa shape index (κ2) is 5.80. The van der Waals surface area contributed by atoms with Crippen LogP contribution in [0.15, 0.2) is 53.0 Å². The van der Waals surface area contributed by atoms with E-state index >= 15 is 0 Å². The minimum atomic E-state index is 0.0722. The summed E-state index contributed by atoms with van der Waals surface area (Å²) in [6.45, 7) is 0.607. The average Bonchev–Trinajstić information content (AvgIpc) is 2.89. The van der Waals surface area contributed by atoms with Gasteiger partial charge < -0.3 is 5.32 Å². The van der Waals surface area contributed by atoms with Crippen molar-refractivity contribution >= 4 is 21.8 Å². The number of hydrogen-bond acceptors (Lipinski definition) is 1. The van der Waals surface area contributed by atoms with Gasteiger partial charge in [-0.25, -0.2) is 0 Å². The first kappa shape index (κ1) is 13.4. The zero-order valence-corrected chi connectivity index (χ0v) is 12.7. The van der Waals surface area contributed by atoms with Crippen LogP contribution in [0, 0.1) is 5.92 Å². The summed E-state index contributed by atoms with van der Waals surface area (Å²) in [5.74, 6) is 0.226. The number of carbonyl (C=O) groups excluding carboxylic acids is 1. The number of nitrogens with one attached hydrogen (secondary N) is 1. The third kappa shape index (κ3) is 2.93. The molecule has 0 aromatic heterocycles. The third-order valence-corrected chi connectivity index (χ3v) is 4.27. The summed E-state index contributed by atoms with van der Waals surface area (Å²) in [7, 11) is 0. The van der Waals surface area contributed by atoms with E-state index in [-0.39, 0.29) is 11.8 Å². The highest BCUT2D eigenvalue weighted by Crippen LogP contribution is 2.29. The molecule has 0 bridgehead atoms. The molecule has 1 aliphatic carbocycles. The van der Waals surface area contributed by atoms with Crippen LogP contribution in [0.5, 0.6) is 0 Å². The van der Waals surface area contributed by atoms with Crippen LogP contribution in [-0.2, 0) is 24.2 Å². The Kier molecular flexibility index (Phi) is 3.88. The molecule has 1 unspecified atom stereocenters. The Morgan fingerprint density at radius 3 is 2.65 bits per heavy atom. The molecule has 3 heteroatoms. The Morgan fingerprint density at radius 2 is 1.85 bits per heavy atom. The minimum Gasteiger partial charge on any atom is -0.352 e. The van der Waals surface area contributed by atoms with Gasteiger partial charge in [0, 0.05) is 16.9 Å². The molecule has 102 valence electrons. The van der Waals surface area contributed by atoms with Gasteiger partial charge in [0.25, 0.3) is 0 Å². The van der Waals surface area contributed by atoms with E-state index in [4.69, 9.17) is 0 Å². The number of amides is 1. The van der Waals surface area contributed by atoms with Gasteiger partial charge in [-0.15, -0.1) is 0 Å². The van der Waals surface area contributed by atoms with Crippen LogP contribution in [0.4, 0.5) is 0 Å². The van der Waals surface area contributed by atoms with E-state index in [0.29, 0.717) is 6.54 Å². The van der Waals surface area contributed by atoms with Crippen molar-refractivity contribution in [2.24, 2.45) is 5.92 Å². The molecule has 2 nitrogen and oxygen atoms in total. The van der Waals surface area contributed by atoms with Crippen LogP contribution >= 0.6 is 15.9 Å². The van der Waals surface area contributed by atoms with Crippen molar-refractivity contribution in [3.63, 3.8) is 0 Å². The van der Waals surface area contributed by atoms with Crippen LogP contribution in [0.1, 0.15) is 16.7 Å². The van der Waals surface area contributed by atoms with E-state index in [1.807, 2.05) is 36.4 Å². The Bertz CT molecular complexity index is 624. The standard InChI is InChI=1S/C17H16BrNO/c18-16-7-6-13-8-15(9-14(13)10-16)17(20)19-11-12-4-2-1-3-5-12/h1-7,10,15H,8-9,11H2,(H,19,20). The van der Waals surface area contributed by atoms with Gasteiger partial charge in [0.05, 0.1) is 0 Å². The molecule has 0 fully saturated rings. The molecular formula is C17H16BrNO. The maximum absolute atomic E-state index is 12.2. The lowest BCUT2D eigenvalue weighted by atomic mass is 10.1. The Hall–Kier alpha value is -1.61. The van der Waals surface area contributed by atoms with Crippen molar-refractivity contribution in [2.45, 2.75) is 19.4 Å². The number of halogens is 1. The largest absolute Gasteiger partial charge is 0.352 e. The number of benzene rings is 2. The van der Waals surface area contributed by atoms with Gasteiger partial charge in [-0.1, -0.05) is 52.3 Å². The SMILES string of the molecule is O=C(NCc1ccccc1)C1Cc2ccc(Br)cc2C1. The van der Waals surface area contributed by atoms with Gasteiger partial charge >= 0.3 is 0 Å². The Morgan fingerprint density at radius 1 is 1.10 bits per heavy atom. The fourth-order valence-electron chi connectivity index (χ4n) is 2.70. The molecule has 20 heavy (non-hydrogen) atoms. The van der Waals surface area contributed by atoms with Gasteiger partial charge in [0.2, 0.25) is 5.91 Å². The van der Waals surface area contributed by atoms with Crippen molar-refractivity contribution in [1.29, 1.82) is 0 Å². The second-order valence-electron chi connectivity index (χ2n) is 5.22.